The molecular weight excluding hydrogens is 98.0 g/mol. The Bertz CT molecular complexity index is 105. The Balaban J connectivity index is 2.55. The highest BCUT2D eigenvalue weighted by molar-refractivity contribution is 6.01. The summed E-state index contributed by atoms with van der Waals surface area (Å²) in [6, 6.07) is 0. The van der Waals surface area contributed by atoms with Gasteiger partial charge in [0, 0.05) is 0 Å². The van der Waals surface area contributed by atoms with Crippen LogP contribution in [-0.2, 0) is 9.53 Å². The van der Waals surface area contributed by atoms with Gasteiger partial charge < -0.3 is 4.74 Å². The largest absolute Gasteiger partial charge is 0.431 e. The van der Waals surface area contributed by atoms with Crippen LogP contribution in [0, 0.1) is 6.61 Å². The lowest BCUT2D eigenvalue weighted by Crippen LogP contribution is -2.17. The number of amides is 2. The highest BCUT2D eigenvalue weighted by atomic mass is 16.6. The van der Waals surface area contributed by atoms with Crippen molar-refractivity contribution in [2.24, 2.45) is 0 Å². The molecule has 1 rings (SSSR count). The third-order valence-corrected chi connectivity index (χ3v) is 0.498. The summed E-state index contributed by atoms with van der Waals surface area (Å²) in [6.07, 6.45) is -0.704. The zero-order chi connectivity index (χ0) is 5.28. The third-order valence-electron chi connectivity index (χ3n) is 0.498. The topological polar surface area (TPSA) is 55.4 Å². The Morgan fingerprint density at radius 1 is 1.57 bits per heavy atom. The van der Waals surface area contributed by atoms with Crippen molar-refractivity contribution < 1.29 is 14.3 Å². The van der Waals surface area contributed by atoms with E-state index >= 15 is 0 Å². The van der Waals surface area contributed by atoms with E-state index in [9.17, 15) is 9.59 Å². The predicted octanol–water partition coefficient (Wildman–Crippen LogP) is -0.585. The molecule has 1 aliphatic rings. The van der Waals surface area contributed by atoms with Crippen LogP contribution in [0.2, 0.25) is 0 Å². The maximum Gasteiger partial charge on any atom is 0.414 e. The van der Waals surface area contributed by atoms with Crippen LogP contribution in [-0.4, -0.2) is 12.0 Å². The Kier molecular flexibility index (Phi) is 0.714. The van der Waals surface area contributed by atoms with Crippen LogP contribution in [0.5, 0.6) is 0 Å². The fraction of sp³-hybridized carbons (Fsp3) is 0. The van der Waals surface area contributed by atoms with Gasteiger partial charge >= 0.3 is 6.09 Å². The fourth-order valence-electron chi connectivity index (χ4n) is 0.267. The second-order valence-corrected chi connectivity index (χ2v) is 1.01. The van der Waals surface area contributed by atoms with E-state index in [0.29, 0.717) is 0 Å². The van der Waals surface area contributed by atoms with Crippen molar-refractivity contribution in [1.29, 1.82) is 0 Å². The molecule has 37 valence electrons. The maximum atomic E-state index is 9.94. The minimum Gasteiger partial charge on any atom is -0.431 e. The summed E-state index contributed by atoms with van der Waals surface area (Å²) >= 11 is 0. The lowest BCUT2D eigenvalue weighted by atomic mass is 10.7. The minimum atomic E-state index is -0.704. The number of imide groups is 1. The number of hydrogen-bond donors (Lipinski definition) is 1. The van der Waals surface area contributed by atoms with E-state index in [-0.39, 0.29) is 0 Å². The first-order chi connectivity index (χ1) is 3.29. The molecule has 1 aliphatic heterocycles. The molecule has 0 atom stereocenters. The zero-order valence-corrected chi connectivity index (χ0v) is 3.30. The Morgan fingerprint density at radius 2 is 2.29 bits per heavy atom. The first-order valence-corrected chi connectivity index (χ1v) is 1.64. The van der Waals surface area contributed by atoms with Gasteiger partial charge in [0.05, 0.1) is 0 Å². The van der Waals surface area contributed by atoms with E-state index in [1.807, 2.05) is 5.32 Å². The predicted molar refractivity (Wildman–Crippen MR) is 18.9 cm³/mol. The van der Waals surface area contributed by atoms with Crippen molar-refractivity contribution in [3.05, 3.63) is 6.61 Å². The number of carbonyl (C=O) groups is 2. The summed E-state index contributed by atoms with van der Waals surface area (Å²) in [5, 5.41) is 1.86. The quantitative estimate of drug-likeness (QED) is 0.442. The first kappa shape index (κ1) is 4.11. The van der Waals surface area contributed by atoms with Gasteiger partial charge in [-0.2, -0.15) is 0 Å². The van der Waals surface area contributed by atoms with Crippen LogP contribution in [0.15, 0.2) is 0 Å². The average Bonchev–Trinajstić information content (AvgIpc) is 1.87. The van der Waals surface area contributed by atoms with E-state index in [1.165, 1.54) is 0 Å². The monoisotopic (exact) mass is 100 g/mol. The number of carbonyl (C=O) groups excluding carboxylic acids is 2. The summed E-state index contributed by atoms with van der Waals surface area (Å²) in [4.78, 5) is 19.8. The van der Waals surface area contributed by atoms with Gasteiger partial charge in [-0.3, -0.25) is 10.1 Å². The normalized spacial score (nSPS) is 18.9. The lowest BCUT2D eigenvalue weighted by Gasteiger charge is -1.77. The van der Waals surface area contributed by atoms with Gasteiger partial charge in [0.1, 0.15) is 0 Å². The smallest absolute Gasteiger partial charge is 0.414 e. The molecule has 4 nitrogen and oxygen atoms in total. The molecule has 2 amide bonds. The van der Waals surface area contributed by atoms with Crippen LogP contribution in [0.3, 0.4) is 0 Å². The van der Waals surface area contributed by atoms with Crippen molar-refractivity contribution in [2.75, 3.05) is 0 Å². The van der Waals surface area contributed by atoms with Crippen molar-refractivity contribution in [3.63, 3.8) is 0 Å². The van der Waals surface area contributed by atoms with Crippen LogP contribution < -0.4 is 5.32 Å². The number of rotatable bonds is 0. The number of hydrogen-bond acceptors (Lipinski definition) is 3. The summed E-state index contributed by atoms with van der Waals surface area (Å²) in [5.41, 5.74) is 0. The van der Waals surface area contributed by atoms with Gasteiger partial charge in [-0.1, -0.05) is 0 Å². The van der Waals surface area contributed by atoms with Gasteiger partial charge in [-0.25, -0.2) is 4.79 Å². The molecule has 0 unspecified atom stereocenters. The van der Waals surface area contributed by atoms with Crippen molar-refractivity contribution in [1.82, 2.24) is 5.32 Å². The average molecular weight is 100 g/mol. The molecule has 1 fully saturated rings. The molecule has 1 heterocycles. The van der Waals surface area contributed by atoms with E-state index in [0.717, 1.165) is 6.61 Å². The Labute approximate surface area is 39.4 Å². The first-order valence-electron chi connectivity index (χ1n) is 1.64. The van der Waals surface area contributed by atoms with Crippen LogP contribution in [0.1, 0.15) is 0 Å². The highest BCUT2D eigenvalue weighted by Gasteiger charge is 2.18. The molecular formula is C3H2NO3. The molecule has 4 heteroatoms. The van der Waals surface area contributed by atoms with Crippen molar-refractivity contribution in [2.45, 2.75) is 0 Å². The molecule has 7 heavy (non-hydrogen) atoms. The van der Waals surface area contributed by atoms with Gasteiger partial charge in [-0.15, -0.1) is 0 Å². The molecule has 0 spiro atoms. The summed E-state index contributed by atoms with van der Waals surface area (Å²) in [5.74, 6) is -0.495. The number of alkyl carbamates (subject to hydrolysis) is 1. The van der Waals surface area contributed by atoms with Gasteiger partial charge in [-0.05, 0) is 0 Å². The van der Waals surface area contributed by atoms with E-state index < -0.39 is 12.0 Å². The van der Waals surface area contributed by atoms with E-state index in [1.54, 1.807) is 0 Å². The summed E-state index contributed by atoms with van der Waals surface area (Å²) in [6.45, 7) is 0.822. The summed E-state index contributed by atoms with van der Waals surface area (Å²) < 4.78 is 4.04. The fourth-order valence-corrected chi connectivity index (χ4v) is 0.267. The van der Waals surface area contributed by atoms with Crippen molar-refractivity contribution in [3.8, 4) is 0 Å². The van der Waals surface area contributed by atoms with E-state index in [4.69, 9.17) is 0 Å². The molecule has 0 aromatic carbocycles. The standard InChI is InChI=1S/C3H2NO3/c5-2-1-7-3(6)4-2/h1H,(H,4,5,6). The van der Waals surface area contributed by atoms with Gasteiger partial charge in [0.2, 0.25) is 6.61 Å². The Morgan fingerprint density at radius 3 is 2.43 bits per heavy atom. The van der Waals surface area contributed by atoms with Gasteiger partial charge in [0.15, 0.2) is 0 Å². The zero-order valence-electron chi connectivity index (χ0n) is 3.30. The molecule has 0 bridgehead atoms. The molecule has 1 N–H and O–H groups in total. The minimum absolute atomic E-state index is 0.495. The van der Waals surface area contributed by atoms with E-state index in [2.05, 4.69) is 4.74 Å². The third kappa shape index (κ3) is 0.677. The second-order valence-electron chi connectivity index (χ2n) is 1.01. The van der Waals surface area contributed by atoms with Crippen LogP contribution >= 0.6 is 0 Å². The number of ether oxygens (including phenoxy) is 1. The van der Waals surface area contributed by atoms with Crippen LogP contribution in [0.4, 0.5) is 4.79 Å². The molecule has 0 aromatic heterocycles. The maximum absolute atomic E-state index is 9.94. The highest BCUT2D eigenvalue weighted by Crippen LogP contribution is 1.91. The second kappa shape index (κ2) is 1.22. The number of cyclic esters (lactones) is 1. The summed E-state index contributed by atoms with van der Waals surface area (Å²) in [7, 11) is 0. The molecule has 0 aliphatic carbocycles. The molecule has 0 saturated carbocycles. The van der Waals surface area contributed by atoms with Crippen LogP contribution in [0.25, 0.3) is 0 Å². The lowest BCUT2D eigenvalue weighted by molar-refractivity contribution is -0.116. The molecule has 0 aromatic rings. The Hall–Kier alpha value is -1.06. The molecule has 1 radical (unpaired) electrons. The van der Waals surface area contributed by atoms with Gasteiger partial charge in [0.25, 0.3) is 5.91 Å². The molecule has 1 saturated heterocycles. The number of nitrogens with one attached hydrogen (secondary N) is 1. The van der Waals surface area contributed by atoms with Crippen molar-refractivity contribution >= 4 is 12.0 Å². The SMILES string of the molecule is O=C1[CH]OC(=O)N1.